The molecule has 0 radical (unpaired) electrons. The number of nitro benzene ring substituents is 1. The minimum atomic E-state index is -0.469. The van der Waals surface area contributed by atoms with Gasteiger partial charge in [-0.05, 0) is 11.5 Å². The van der Waals surface area contributed by atoms with Gasteiger partial charge in [0, 0.05) is 24.7 Å². The van der Waals surface area contributed by atoms with Gasteiger partial charge >= 0.3 is 6.03 Å². The number of nitrogens with one attached hydrogen (secondary N) is 2. The van der Waals surface area contributed by atoms with Crippen molar-refractivity contribution in [2.45, 2.75) is 26.2 Å². The predicted molar refractivity (Wildman–Crippen MR) is 87.0 cm³/mol. The number of carbonyl (C=O) groups is 1. The summed E-state index contributed by atoms with van der Waals surface area (Å²) in [4.78, 5) is 22.2. The molecule has 2 rings (SSSR count). The first-order chi connectivity index (χ1) is 10.7. The third-order valence-electron chi connectivity index (χ3n) is 3.32. The summed E-state index contributed by atoms with van der Waals surface area (Å²) in [6.45, 7) is 5.99. The Morgan fingerprint density at radius 1 is 1.35 bits per heavy atom. The van der Waals surface area contributed by atoms with Crippen molar-refractivity contribution in [1.29, 1.82) is 0 Å². The first-order valence-corrected chi connectivity index (χ1v) is 7.06. The summed E-state index contributed by atoms with van der Waals surface area (Å²) in [5.41, 5.74) is 1.03. The average molecular weight is 317 g/mol. The number of amides is 2. The number of aromatic nitrogens is 2. The third-order valence-corrected chi connectivity index (χ3v) is 3.32. The first kappa shape index (κ1) is 16.5. The molecule has 0 bridgehead atoms. The van der Waals surface area contributed by atoms with E-state index in [1.54, 1.807) is 18.3 Å². The zero-order valence-electron chi connectivity index (χ0n) is 13.5. The van der Waals surface area contributed by atoms with Crippen molar-refractivity contribution in [1.82, 2.24) is 15.1 Å². The van der Waals surface area contributed by atoms with Gasteiger partial charge in [0.2, 0.25) is 0 Å². The van der Waals surface area contributed by atoms with E-state index >= 15 is 0 Å². The largest absolute Gasteiger partial charge is 0.341 e. The SMILES string of the molecule is CNC(=O)Nc1c(C(C)(C)C)cnn1-c1cccc([N+](=O)[O-])c1. The number of carbonyl (C=O) groups excluding carboxylic acids is 1. The molecule has 1 aromatic heterocycles. The first-order valence-electron chi connectivity index (χ1n) is 7.06. The van der Waals surface area contributed by atoms with Crippen molar-refractivity contribution in [3.8, 4) is 5.69 Å². The number of rotatable bonds is 3. The fraction of sp³-hybridized carbons (Fsp3) is 0.333. The van der Waals surface area contributed by atoms with Gasteiger partial charge in [0.1, 0.15) is 5.82 Å². The van der Waals surface area contributed by atoms with E-state index in [1.807, 2.05) is 20.8 Å². The zero-order valence-corrected chi connectivity index (χ0v) is 13.5. The average Bonchev–Trinajstić information content (AvgIpc) is 2.90. The Morgan fingerprint density at radius 3 is 2.61 bits per heavy atom. The summed E-state index contributed by atoms with van der Waals surface area (Å²) < 4.78 is 1.49. The molecule has 0 fully saturated rings. The highest BCUT2D eigenvalue weighted by Gasteiger charge is 2.24. The summed E-state index contributed by atoms with van der Waals surface area (Å²) >= 11 is 0. The third kappa shape index (κ3) is 3.47. The molecule has 2 N–H and O–H groups in total. The van der Waals surface area contributed by atoms with Gasteiger partial charge in [0.25, 0.3) is 5.69 Å². The van der Waals surface area contributed by atoms with Crippen LogP contribution >= 0.6 is 0 Å². The lowest BCUT2D eigenvalue weighted by Crippen LogP contribution is -2.27. The number of hydrogen-bond donors (Lipinski definition) is 2. The van der Waals surface area contributed by atoms with Gasteiger partial charge in [0.15, 0.2) is 0 Å². The minimum Gasteiger partial charge on any atom is -0.341 e. The highest BCUT2D eigenvalue weighted by Crippen LogP contribution is 2.31. The molecule has 0 saturated heterocycles. The van der Waals surface area contributed by atoms with E-state index in [0.717, 1.165) is 5.56 Å². The van der Waals surface area contributed by atoms with Crippen molar-refractivity contribution >= 4 is 17.5 Å². The van der Waals surface area contributed by atoms with Gasteiger partial charge in [-0.1, -0.05) is 26.8 Å². The Kier molecular flexibility index (Phi) is 4.35. The van der Waals surface area contributed by atoms with E-state index in [2.05, 4.69) is 15.7 Å². The standard InChI is InChI=1S/C15H19N5O3/c1-15(2,3)12-9-17-19(13(12)18-14(21)16-4)10-6-5-7-11(8-10)20(22)23/h5-9H,1-4H3,(H2,16,18,21). The van der Waals surface area contributed by atoms with Gasteiger partial charge in [-0.25, -0.2) is 9.48 Å². The Hall–Kier alpha value is -2.90. The number of nitro groups is 1. The van der Waals surface area contributed by atoms with Crippen LogP contribution in [0, 0.1) is 10.1 Å². The van der Waals surface area contributed by atoms with Gasteiger partial charge in [-0.3, -0.25) is 15.4 Å². The lowest BCUT2D eigenvalue weighted by molar-refractivity contribution is -0.384. The summed E-state index contributed by atoms with van der Waals surface area (Å²) in [6, 6.07) is 5.71. The molecule has 2 aromatic rings. The van der Waals surface area contributed by atoms with Crippen LogP contribution in [0.15, 0.2) is 30.5 Å². The predicted octanol–water partition coefficient (Wildman–Crippen LogP) is 2.83. The molecule has 0 aliphatic heterocycles. The monoisotopic (exact) mass is 317 g/mol. The van der Waals surface area contributed by atoms with Crippen LogP contribution in [0.4, 0.5) is 16.3 Å². The summed E-state index contributed by atoms with van der Waals surface area (Å²) in [6.07, 6.45) is 1.66. The van der Waals surface area contributed by atoms with Crippen LogP contribution in [0.3, 0.4) is 0 Å². The quantitative estimate of drug-likeness (QED) is 0.671. The van der Waals surface area contributed by atoms with Crippen molar-refractivity contribution in [2.24, 2.45) is 0 Å². The summed E-state index contributed by atoms with van der Waals surface area (Å²) in [7, 11) is 1.51. The second-order valence-electron chi connectivity index (χ2n) is 6.05. The van der Waals surface area contributed by atoms with Crippen molar-refractivity contribution < 1.29 is 9.72 Å². The van der Waals surface area contributed by atoms with Crippen molar-refractivity contribution in [2.75, 3.05) is 12.4 Å². The minimum absolute atomic E-state index is 0.0406. The second kappa shape index (κ2) is 6.07. The van der Waals surface area contributed by atoms with Gasteiger partial charge in [-0.2, -0.15) is 5.10 Å². The fourth-order valence-electron chi connectivity index (χ4n) is 2.12. The van der Waals surface area contributed by atoms with E-state index in [4.69, 9.17) is 0 Å². The van der Waals surface area contributed by atoms with Gasteiger partial charge in [0.05, 0.1) is 16.8 Å². The van der Waals surface area contributed by atoms with Crippen molar-refractivity contribution in [3.05, 3.63) is 46.1 Å². The zero-order chi connectivity index (χ0) is 17.2. The molecule has 0 aliphatic carbocycles. The molecular weight excluding hydrogens is 298 g/mol. The van der Waals surface area contributed by atoms with E-state index in [0.29, 0.717) is 11.5 Å². The molecule has 0 spiro atoms. The van der Waals surface area contributed by atoms with Crippen LogP contribution < -0.4 is 10.6 Å². The normalized spacial score (nSPS) is 11.1. The van der Waals surface area contributed by atoms with Gasteiger partial charge < -0.3 is 5.32 Å². The molecule has 0 aliphatic rings. The fourth-order valence-corrected chi connectivity index (χ4v) is 2.12. The highest BCUT2D eigenvalue weighted by atomic mass is 16.6. The molecule has 23 heavy (non-hydrogen) atoms. The number of non-ortho nitro benzene ring substituents is 1. The Balaban J connectivity index is 2.58. The Labute approximate surface area is 133 Å². The molecule has 0 saturated carbocycles. The van der Waals surface area contributed by atoms with E-state index < -0.39 is 4.92 Å². The number of anilines is 1. The highest BCUT2D eigenvalue weighted by molar-refractivity contribution is 5.89. The Bertz CT molecular complexity index is 746. The van der Waals surface area contributed by atoms with E-state index in [9.17, 15) is 14.9 Å². The summed E-state index contributed by atoms with van der Waals surface area (Å²) in [5, 5.41) is 20.5. The molecule has 8 heteroatoms. The van der Waals surface area contributed by atoms with E-state index in [1.165, 1.54) is 23.9 Å². The number of benzene rings is 1. The van der Waals surface area contributed by atoms with Crippen LogP contribution in [0.2, 0.25) is 0 Å². The second-order valence-corrected chi connectivity index (χ2v) is 6.05. The van der Waals surface area contributed by atoms with Crippen molar-refractivity contribution in [3.63, 3.8) is 0 Å². The smallest absolute Gasteiger partial charge is 0.320 e. The molecule has 8 nitrogen and oxygen atoms in total. The number of nitrogens with zero attached hydrogens (tertiary/aromatic N) is 3. The van der Waals surface area contributed by atoms with Crippen LogP contribution in [0.5, 0.6) is 0 Å². The van der Waals surface area contributed by atoms with E-state index in [-0.39, 0.29) is 17.1 Å². The summed E-state index contributed by atoms with van der Waals surface area (Å²) in [5.74, 6) is 0.484. The Morgan fingerprint density at radius 2 is 2.04 bits per heavy atom. The molecule has 122 valence electrons. The molecule has 1 heterocycles. The maximum absolute atomic E-state index is 11.7. The lowest BCUT2D eigenvalue weighted by Gasteiger charge is -2.20. The molecule has 2 amide bonds. The van der Waals surface area contributed by atoms with Crippen LogP contribution in [-0.2, 0) is 5.41 Å². The molecule has 0 unspecified atom stereocenters. The van der Waals surface area contributed by atoms with Gasteiger partial charge in [-0.15, -0.1) is 0 Å². The van der Waals surface area contributed by atoms with Crippen LogP contribution in [-0.4, -0.2) is 27.8 Å². The number of urea groups is 1. The molecule has 1 aromatic carbocycles. The lowest BCUT2D eigenvalue weighted by atomic mass is 9.89. The topological polar surface area (TPSA) is 102 Å². The maximum Gasteiger partial charge on any atom is 0.320 e. The molecule has 0 atom stereocenters. The molecular formula is C15H19N5O3. The van der Waals surface area contributed by atoms with Crippen LogP contribution in [0.25, 0.3) is 5.69 Å². The van der Waals surface area contributed by atoms with Crippen LogP contribution in [0.1, 0.15) is 26.3 Å². The maximum atomic E-state index is 11.7. The number of hydrogen-bond acceptors (Lipinski definition) is 4.